The van der Waals surface area contributed by atoms with Gasteiger partial charge in [-0.2, -0.15) is 11.8 Å². The molecular weight excluding hydrogens is 278 g/mol. The lowest BCUT2D eigenvalue weighted by Gasteiger charge is -2.20. The van der Waals surface area contributed by atoms with E-state index in [4.69, 9.17) is 5.73 Å². The van der Waals surface area contributed by atoms with Gasteiger partial charge in [0.05, 0.1) is 5.75 Å². The van der Waals surface area contributed by atoms with Gasteiger partial charge in [-0.15, -0.1) is 0 Å². The minimum atomic E-state index is -2.88. The number of sulfone groups is 1. The SMILES string of the molecule is CCc1ccc(C(N)C(C)SCCS(C)(=O)=O)cc1. The van der Waals surface area contributed by atoms with E-state index in [9.17, 15) is 8.42 Å². The lowest BCUT2D eigenvalue weighted by atomic mass is 10.0. The molecule has 0 saturated heterocycles. The van der Waals surface area contributed by atoms with E-state index in [1.54, 1.807) is 11.8 Å². The van der Waals surface area contributed by atoms with Crippen LogP contribution in [0.5, 0.6) is 0 Å². The van der Waals surface area contributed by atoms with Gasteiger partial charge in [0.25, 0.3) is 0 Å². The normalized spacial score (nSPS) is 15.2. The molecule has 0 heterocycles. The minimum absolute atomic E-state index is 0.0598. The topological polar surface area (TPSA) is 60.2 Å². The molecule has 1 aromatic carbocycles. The number of hydrogen-bond donors (Lipinski definition) is 1. The van der Waals surface area contributed by atoms with Gasteiger partial charge in [-0.05, 0) is 17.5 Å². The Kier molecular flexibility index (Phi) is 6.36. The Labute approximate surface area is 120 Å². The highest BCUT2D eigenvalue weighted by atomic mass is 32.2. The molecule has 19 heavy (non-hydrogen) atoms. The van der Waals surface area contributed by atoms with Crippen LogP contribution in [-0.2, 0) is 16.3 Å². The maximum atomic E-state index is 11.1. The van der Waals surface area contributed by atoms with Gasteiger partial charge >= 0.3 is 0 Å². The van der Waals surface area contributed by atoms with Crippen LogP contribution in [-0.4, -0.2) is 31.4 Å². The van der Waals surface area contributed by atoms with Crippen LogP contribution in [0.4, 0.5) is 0 Å². The summed E-state index contributed by atoms with van der Waals surface area (Å²) in [7, 11) is -2.88. The summed E-state index contributed by atoms with van der Waals surface area (Å²) in [6.45, 7) is 4.17. The van der Waals surface area contributed by atoms with Crippen molar-refractivity contribution < 1.29 is 8.42 Å². The third-order valence-corrected chi connectivity index (χ3v) is 5.58. The number of rotatable bonds is 7. The molecule has 0 fully saturated rings. The molecule has 2 atom stereocenters. The summed E-state index contributed by atoms with van der Waals surface area (Å²) in [5, 5.41) is 0.203. The third-order valence-electron chi connectivity index (χ3n) is 3.11. The fourth-order valence-electron chi connectivity index (χ4n) is 1.74. The van der Waals surface area contributed by atoms with Crippen molar-refractivity contribution in [2.45, 2.75) is 31.6 Å². The Bertz CT molecular complexity index is 483. The molecule has 1 rings (SSSR count). The van der Waals surface area contributed by atoms with E-state index in [0.717, 1.165) is 12.0 Å². The summed E-state index contributed by atoms with van der Waals surface area (Å²) in [6, 6.07) is 8.27. The monoisotopic (exact) mass is 301 g/mol. The molecule has 2 N–H and O–H groups in total. The van der Waals surface area contributed by atoms with Crippen LogP contribution >= 0.6 is 11.8 Å². The lowest BCUT2D eigenvalue weighted by Crippen LogP contribution is -2.22. The van der Waals surface area contributed by atoms with Crippen LogP contribution < -0.4 is 5.73 Å². The summed E-state index contributed by atoms with van der Waals surface area (Å²) < 4.78 is 22.2. The van der Waals surface area contributed by atoms with Crippen LogP contribution in [0.3, 0.4) is 0 Å². The molecule has 3 nitrogen and oxygen atoms in total. The highest BCUT2D eigenvalue weighted by Crippen LogP contribution is 2.24. The van der Waals surface area contributed by atoms with Gasteiger partial charge in [0, 0.05) is 23.3 Å². The van der Waals surface area contributed by atoms with Gasteiger partial charge in [0.1, 0.15) is 9.84 Å². The first kappa shape index (κ1) is 16.5. The quantitative estimate of drug-likeness (QED) is 0.840. The zero-order valence-corrected chi connectivity index (χ0v) is 13.4. The first-order chi connectivity index (χ1) is 8.83. The molecule has 0 aromatic heterocycles. The van der Waals surface area contributed by atoms with Crippen molar-refractivity contribution in [2.75, 3.05) is 17.8 Å². The second-order valence-electron chi connectivity index (χ2n) is 4.83. The second-order valence-corrected chi connectivity index (χ2v) is 8.57. The first-order valence-electron chi connectivity index (χ1n) is 6.47. The molecule has 0 amide bonds. The van der Waals surface area contributed by atoms with Gasteiger partial charge in [0.15, 0.2) is 0 Å². The first-order valence-corrected chi connectivity index (χ1v) is 9.58. The predicted molar refractivity (Wildman–Crippen MR) is 84.4 cm³/mol. The molecule has 0 aliphatic carbocycles. The molecule has 0 radical (unpaired) electrons. The van der Waals surface area contributed by atoms with Gasteiger partial charge < -0.3 is 5.73 Å². The predicted octanol–water partition coefficient (Wildman–Crippen LogP) is 2.42. The van der Waals surface area contributed by atoms with Crippen molar-refractivity contribution in [3.05, 3.63) is 35.4 Å². The largest absolute Gasteiger partial charge is 0.323 e. The summed E-state index contributed by atoms with van der Waals surface area (Å²) in [4.78, 5) is 0. The van der Waals surface area contributed by atoms with E-state index in [-0.39, 0.29) is 17.0 Å². The molecule has 0 aliphatic heterocycles. The second kappa shape index (κ2) is 7.31. The van der Waals surface area contributed by atoms with E-state index in [1.807, 2.05) is 6.92 Å². The summed E-state index contributed by atoms with van der Waals surface area (Å²) >= 11 is 1.61. The summed E-state index contributed by atoms with van der Waals surface area (Å²) in [5.41, 5.74) is 8.62. The molecule has 0 saturated carbocycles. The van der Waals surface area contributed by atoms with Crippen LogP contribution in [0, 0.1) is 0 Å². The van der Waals surface area contributed by atoms with Gasteiger partial charge in [-0.1, -0.05) is 38.1 Å². The maximum absolute atomic E-state index is 11.1. The lowest BCUT2D eigenvalue weighted by molar-refractivity contribution is 0.603. The Morgan fingerprint density at radius 1 is 1.26 bits per heavy atom. The number of nitrogens with two attached hydrogens (primary N) is 1. The van der Waals surface area contributed by atoms with Crippen molar-refractivity contribution in [2.24, 2.45) is 5.73 Å². The number of benzene rings is 1. The molecule has 0 bridgehead atoms. The molecule has 0 aliphatic rings. The average molecular weight is 301 g/mol. The van der Waals surface area contributed by atoms with Crippen molar-refractivity contribution >= 4 is 21.6 Å². The maximum Gasteiger partial charge on any atom is 0.148 e. The third kappa shape index (κ3) is 5.97. The molecule has 1 aromatic rings. The minimum Gasteiger partial charge on any atom is -0.323 e. The number of aryl methyl sites for hydroxylation is 1. The Morgan fingerprint density at radius 2 is 1.84 bits per heavy atom. The van der Waals surface area contributed by atoms with Gasteiger partial charge in [-0.25, -0.2) is 8.42 Å². The average Bonchev–Trinajstić information content (AvgIpc) is 2.36. The van der Waals surface area contributed by atoms with E-state index in [1.165, 1.54) is 11.8 Å². The van der Waals surface area contributed by atoms with Crippen molar-refractivity contribution in [1.82, 2.24) is 0 Å². The van der Waals surface area contributed by atoms with Gasteiger partial charge in [0.2, 0.25) is 0 Å². The van der Waals surface area contributed by atoms with Crippen LogP contribution in [0.25, 0.3) is 0 Å². The molecular formula is C14H23NO2S2. The Hall–Kier alpha value is -0.520. The van der Waals surface area contributed by atoms with Crippen LogP contribution in [0.15, 0.2) is 24.3 Å². The molecule has 5 heteroatoms. The Morgan fingerprint density at radius 3 is 2.32 bits per heavy atom. The summed E-state index contributed by atoms with van der Waals surface area (Å²) in [5.74, 6) is 0.810. The zero-order valence-electron chi connectivity index (χ0n) is 11.8. The fourth-order valence-corrected chi connectivity index (χ4v) is 4.07. The molecule has 0 spiro atoms. The smallest absolute Gasteiger partial charge is 0.148 e. The van der Waals surface area contributed by atoms with Crippen molar-refractivity contribution in [3.8, 4) is 0 Å². The van der Waals surface area contributed by atoms with E-state index in [2.05, 4.69) is 31.2 Å². The number of hydrogen-bond acceptors (Lipinski definition) is 4. The van der Waals surface area contributed by atoms with E-state index >= 15 is 0 Å². The van der Waals surface area contributed by atoms with Crippen LogP contribution in [0.2, 0.25) is 0 Å². The highest BCUT2D eigenvalue weighted by Gasteiger charge is 2.16. The molecule has 108 valence electrons. The fraction of sp³-hybridized carbons (Fsp3) is 0.571. The van der Waals surface area contributed by atoms with Crippen molar-refractivity contribution in [1.29, 1.82) is 0 Å². The van der Waals surface area contributed by atoms with Gasteiger partial charge in [-0.3, -0.25) is 0 Å². The van der Waals surface area contributed by atoms with Crippen LogP contribution in [0.1, 0.15) is 31.0 Å². The standard InChI is InChI=1S/C14H23NO2S2/c1-4-12-5-7-13(8-6-12)14(15)11(2)18-9-10-19(3,16)17/h5-8,11,14H,4,9-10,15H2,1-3H3. The van der Waals surface area contributed by atoms with E-state index in [0.29, 0.717) is 5.75 Å². The summed E-state index contributed by atoms with van der Waals surface area (Å²) in [6.07, 6.45) is 2.29. The van der Waals surface area contributed by atoms with E-state index < -0.39 is 9.84 Å². The highest BCUT2D eigenvalue weighted by molar-refractivity contribution is 8.01. The Balaban J connectivity index is 2.53. The number of thioether (sulfide) groups is 1. The molecule has 2 unspecified atom stereocenters. The zero-order chi connectivity index (χ0) is 14.5. The van der Waals surface area contributed by atoms with Crippen molar-refractivity contribution in [3.63, 3.8) is 0 Å².